The Kier molecular flexibility index (Phi) is 2.88. The Morgan fingerprint density at radius 1 is 1.44 bits per heavy atom. The molecule has 0 aromatic carbocycles. The van der Waals surface area contributed by atoms with Crippen LogP contribution in [0.2, 0.25) is 0 Å². The van der Waals surface area contributed by atoms with Crippen molar-refractivity contribution in [2.75, 3.05) is 0 Å². The van der Waals surface area contributed by atoms with Crippen LogP contribution >= 0.6 is 12.2 Å². The van der Waals surface area contributed by atoms with E-state index >= 15 is 0 Å². The third-order valence-electron chi connectivity index (χ3n) is 3.50. The average Bonchev–Trinajstić information content (AvgIpc) is 2.84. The lowest BCUT2D eigenvalue weighted by atomic mass is 9.85. The molecule has 4 heteroatoms. The van der Waals surface area contributed by atoms with E-state index in [1.807, 2.05) is 18.5 Å². The molecule has 2 heterocycles. The molecule has 1 unspecified atom stereocenters. The minimum absolute atomic E-state index is 0.307. The molecule has 0 saturated carbocycles. The van der Waals surface area contributed by atoms with Crippen molar-refractivity contribution in [2.24, 2.45) is 0 Å². The zero-order chi connectivity index (χ0) is 12.5. The summed E-state index contributed by atoms with van der Waals surface area (Å²) in [6.45, 7) is 2.20. The SMILES string of the molecule is CC(C1=CCCc2ncccc21)c1c[nH]c(=S)[nH]1. The molecule has 0 saturated heterocycles. The summed E-state index contributed by atoms with van der Waals surface area (Å²) in [6.07, 6.45) is 8.25. The van der Waals surface area contributed by atoms with E-state index in [-0.39, 0.29) is 0 Å². The summed E-state index contributed by atoms with van der Waals surface area (Å²) in [4.78, 5) is 10.7. The standard InChI is InChI=1S/C14H15N3S/c1-9(13-8-16-14(18)17-13)10-4-2-6-12-11(10)5-3-7-15-12/h3-5,7-9H,2,6H2,1H3,(H2,16,17,18). The topological polar surface area (TPSA) is 44.5 Å². The fraction of sp³-hybridized carbons (Fsp3) is 0.286. The van der Waals surface area contributed by atoms with Crippen molar-refractivity contribution in [1.82, 2.24) is 15.0 Å². The molecule has 18 heavy (non-hydrogen) atoms. The maximum atomic E-state index is 5.09. The smallest absolute Gasteiger partial charge is 0.174 e. The van der Waals surface area contributed by atoms with Gasteiger partial charge in [-0.05, 0) is 42.3 Å². The van der Waals surface area contributed by atoms with Gasteiger partial charge in [0.2, 0.25) is 0 Å². The van der Waals surface area contributed by atoms with E-state index in [4.69, 9.17) is 12.2 Å². The Hall–Kier alpha value is -1.68. The van der Waals surface area contributed by atoms with Gasteiger partial charge in [-0.15, -0.1) is 0 Å². The van der Waals surface area contributed by atoms with Gasteiger partial charge in [0.05, 0.1) is 0 Å². The number of pyridine rings is 1. The average molecular weight is 257 g/mol. The molecule has 2 aromatic heterocycles. The lowest BCUT2D eigenvalue weighted by Crippen LogP contribution is -2.07. The highest BCUT2D eigenvalue weighted by atomic mass is 32.1. The number of H-pyrrole nitrogens is 2. The third kappa shape index (κ3) is 1.93. The number of hydrogen-bond acceptors (Lipinski definition) is 2. The van der Waals surface area contributed by atoms with Gasteiger partial charge in [-0.25, -0.2) is 0 Å². The molecule has 1 aliphatic rings. The molecule has 0 amide bonds. The molecule has 0 fully saturated rings. The Balaban J connectivity index is 2.02. The van der Waals surface area contributed by atoms with E-state index in [2.05, 4.69) is 34.0 Å². The molecule has 92 valence electrons. The number of nitrogens with zero attached hydrogens (tertiary/aromatic N) is 1. The highest BCUT2D eigenvalue weighted by molar-refractivity contribution is 7.71. The van der Waals surface area contributed by atoms with Gasteiger partial charge in [-0.2, -0.15) is 0 Å². The van der Waals surface area contributed by atoms with Crippen LogP contribution in [0.15, 0.2) is 30.6 Å². The molecule has 0 spiro atoms. The summed E-state index contributed by atoms with van der Waals surface area (Å²) in [5, 5.41) is 0. The first-order valence-electron chi connectivity index (χ1n) is 6.17. The van der Waals surface area contributed by atoms with E-state index in [1.165, 1.54) is 16.8 Å². The highest BCUT2D eigenvalue weighted by Crippen LogP contribution is 2.35. The first-order chi connectivity index (χ1) is 8.75. The van der Waals surface area contributed by atoms with Crippen molar-refractivity contribution in [3.63, 3.8) is 0 Å². The third-order valence-corrected chi connectivity index (χ3v) is 3.72. The molecule has 1 atom stereocenters. The van der Waals surface area contributed by atoms with Crippen LogP contribution in [0.4, 0.5) is 0 Å². The summed E-state index contributed by atoms with van der Waals surface area (Å²) in [5.74, 6) is 0.307. The van der Waals surface area contributed by atoms with Crippen molar-refractivity contribution in [2.45, 2.75) is 25.7 Å². The minimum atomic E-state index is 0.307. The van der Waals surface area contributed by atoms with E-state index in [0.717, 1.165) is 18.5 Å². The Morgan fingerprint density at radius 2 is 2.33 bits per heavy atom. The molecular formula is C14H15N3S. The number of hydrogen-bond donors (Lipinski definition) is 2. The van der Waals surface area contributed by atoms with E-state index in [9.17, 15) is 0 Å². The van der Waals surface area contributed by atoms with Crippen LogP contribution in [-0.4, -0.2) is 15.0 Å². The van der Waals surface area contributed by atoms with Gasteiger partial charge in [-0.3, -0.25) is 4.98 Å². The van der Waals surface area contributed by atoms with Crippen LogP contribution < -0.4 is 0 Å². The molecule has 1 aliphatic carbocycles. The lowest BCUT2D eigenvalue weighted by molar-refractivity contribution is 0.869. The van der Waals surface area contributed by atoms with Gasteiger partial charge in [0.15, 0.2) is 4.77 Å². The Morgan fingerprint density at radius 3 is 3.11 bits per heavy atom. The molecule has 3 rings (SSSR count). The molecular weight excluding hydrogens is 242 g/mol. The number of imidazole rings is 1. The van der Waals surface area contributed by atoms with Crippen molar-refractivity contribution in [1.29, 1.82) is 0 Å². The minimum Gasteiger partial charge on any atom is -0.337 e. The van der Waals surface area contributed by atoms with Crippen LogP contribution in [0.3, 0.4) is 0 Å². The Bertz CT molecular complexity index is 651. The van der Waals surface area contributed by atoms with Gasteiger partial charge in [-0.1, -0.05) is 19.1 Å². The van der Waals surface area contributed by atoms with Gasteiger partial charge < -0.3 is 9.97 Å². The number of fused-ring (bicyclic) bond motifs is 1. The summed E-state index contributed by atoms with van der Waals surface area (Å²) in [5.41, 5.74) is 4.95. The number of aryl methyl sites for hydroxylation is 1. The van der Waals surface area contributed by atoms with Gasteiger partial charge >= 0.3 is 0 Å². The van der Waals surface area contributed by atoms with E-state index in [1.54, 1.807) is 0 Å². The van der Waals surface area contributed by atoms with Crippen LogP contribution in [0.5, 0.6) is 0 Å². The van der Waals surface area contributed by atoms with Gasteiger partial charge in [0.25, 0.3) is 0 Å². The molecule has 3 nitrogen and oxygen atoms in total. The lowest BCUT2D eigenvalue weighted by Gasteiger charge is -2.21. The van der Waals surface area contributed by atoms with Crippen LogP contribution in [0, 0.1) is 4.77 Å². The first kappa shape index (κ1) is 11.4. The molecule has 0 radical (unpaired) electrons. The zero-order valence-corrected chi connectivity index (χ0v) is 11.1. The predicted octanol–water partition coefficient (Wildman–Crippen LogP) is 3.60. The van der Waals surface area contributed by atoms with Crippen molar-refractivity contribution >= 4 is 17.8 Å². The first-order valence-corrected chi connectivity index (χ1v) is 6.58. The normalized spacial score (nSPS) is 15.9. The fourth-order valence-electron chi connectivity index (χ4n) is 2.53. The summed E-state index contributed by atoms with van der Waals surface area (Å²) in [6, 6.07) is 4.16. The van der Waals surface area contributed by atoms with Crippen molar-refractivity contribution < 1.29 is 0 Å². The van der Waals surface area contributed by atoms with Crippen molar-refractivity contribution in [3.8, 4) is 0 Å². The monoisotopic (exact) mass is 257 g/mol. The largest absolute Gasteiger partial charge is 0.337 e. The second-order valence-electron chi connectivity index (χ2n) is 4.62. The number of rotatable bonds is 2. The van der Waals surface area contributed by atoms with Gasteiger partial charge in [0, 0.05) is 29.7 Å². The maximum absolute atomic E-state index is 5.09. The van der Waals surface area contributed by atoms with Crippen LogP contribution in [-0.2, 0) is 6.42 Å². The Labute approximate surface area is 111 Å². The highest BCUT2D eigenvalue weighted by Gasteiger charge is 2.20. The number of nitrogens with one attached hydrogen (secondary N) is 2. The summed E-state index contributed by atoms with van der Waals surface area (Å²) < 4.78 is 0.680. The van der Waals surface area contributed by atoms with Crippen molar-refractivity contribution in [3.05, 3.63) is 52.3 Å². The molecule has 0 bridgehead atoms. The molecule has 0 aliphatic heterocycles. The zero-order valence-electron chi connectivity index (χ0n) is 10.2. The molecule has 2 N–H and O–H groups in total. The summed E-state index contributed by atoms with van der Waals surface area (Å²) in [7, 11) is 0. The quantitative estimate of drug-likeness (QED) is 0.807. The van der Waals surface area contributed by atoms with Gasteiger partial charge in [0.1, 0.15) is 0 Å². The van der Waals surface area contributed by atoms with E-state index < -0.39 is 0 Å². The predicted molar refractivity (Wildman–Crippen MR) is 74.9 cm³/mol. The summed E-state index contributed by atoms with van der Waals surface area (Å²) >= 11 is 5.09. The second-order valence-corrected chi connectivity index (χ2v) is 5.02. The fourth-order valence-corrected chi connectivity index (χ4v) is 2.71. The second kappa shape index (κ2) is 4.53. The van der Waals surface area contributed by atoms with Crippen LogP contribution in [0.1, 0.15) is 36.2 Å². The van der Waals surface area contributed by atoms with E-state index in [0.29, 0.717) is 10.7 Å². The molecule has 2 aromatic rings. The number of allylic oxidation sites excluding steroid dienone is 2. The number of aromatic amines is 2. The van der Waals surface area contributed by atoms with Crippen LogP contribution in [0.25, 0.3) is 5.57 Å². The number of aromatic nitrogens is 3. The maximum Gasteiger partial charge on any atom is 0.174 e.